The summed E-state index contributed by atoms with van der Waals surface area (Å²) in [5.41, 5.74) is 0. The van der Waals surface area contributed by atoms with Crippen LogP contribution in [0.3, 0.4) is 0 Å². The molecule has 0 aromatic carbocycles. The van der Waals surface area contributed by atoms with Crippen LogP contribution in [0.2, 0.25) is 18.1 Å². The quantitative estimate of drug-likeness (QED) is 0.448. The molecule has 1 fully saturated rings. The second-order valence-electron chi connectivity index (χ2n) is 7.63. The SMILES string of the molecule is C=CC[C@H](O[Si](C)(C)C(C)(C)C)C1CCC(F)(F)CC1.S. The zero-order valence-electron chi connectivity index (χ0n) is 14.1. The molecule has 0 bridgehead atoms. The summed E-state index contributed by atoms with van der Waals surface area (Å²) in [5.74, 6) is -2.21. The van der Waals surface area contributed by atoms with E-state index in [0.29, 0.717) is 12.8 Å². The summed E-state index contributed by atoms with van der Waals surface area (Å²) >= 11 is 0. The summed E-state index contributed by atoms with van der Waals surface area (Å²) < 4.78 is 33.1. The van der Waals surface area contributed by atoms with Crippen molar-refractivity contribution in [3.63, 3.8) is 0 Å². The van der Waals surface area contributed by atoms with Gasteiger partial charge in [0.1, 0.15) is 0 Å². The van der Waals surface area contributed by atoms with Crippen LogP contribution in [0.1, 0.15) is 52.9 Å². The molecule has 1 nitrogen and oxygen atoms in total. The van der Waals surface area contributed by atoms with E-state index in [1.54, 1.807) is 0 Å². The Labute approximate surface area is 137 Å². The first-order valence-corrected chi connectivity index (χ1v) is 10.6. The van der Waals surface area contributed by atoms with E-state index in [1.807, 2.05) is 6.08 Å². The van der Waals surface area contributed by atoms with E-state index in [-0.39, 0.29) is 43.4 Å². The zero-order chi connectivity index (χ0) is 15.6. The van der Waals surface area contributed by atoms with Gasteiger partial charge < -0.3 is 4.43 Å². The maximum Gasteiger partial charge on any atom is 0.248 e. The van der Waals surface area contributed by atoms with Gasteiger partial charge in [0, 0.05) is 12.8 Å². The lowest BCUT2D eigenvalue weighted by Gasteiger charge is -2.42. The lowest BCUT2D eigenvalue weighted by Crippen LogP contribution is -2.46. The number of hydrogen-bond donors (Lipinski definition) is 0. The predicted octanol–water partition coefficient (Wildman–Crippen LogP) is 5.89. The van der Waals surface area contributed by atoms with Crippen LogP contribution in [0.25, 0.3) is 0 Å². The second kappa shape index (κ2) is 7.60. The van der Waals surface area contributed by atoms with Crippen molar-refractivity contribution in [2.75, 3.05) is 0 Å². The molecule has 0 unspecified atom stereocenters. The Morgan fingerprint density at radius 2 is 1.76 bits per heavy atom. The third-order valence-corrected chi connectivity index (χ3v) is 9.44. The van der Waals surface area contributed by atoms with Crippen molar-refractivity contribution in [3.05, 3.63) is 12.7 Å². The van der Waals surface area contributed by atoms with Crippen molar-refractivity contribution in [2.45, 2.75) is 83.0 Å². The molecule has 0 spiro atoms. The van der Waals surface area contributed by atoms with Crippen LogP contribution in [-0.4, -0.2) is 20.3 Å². The third-order valence-electron chi connectivity index (χ3n) is 4.94. The van der Waals surface area contributed by atoms with E-state index >= 15 is 0 Å². The fourth-order valence-corrected chi connectivity index (χ4v) is 3.89. The smallest absolute Gasteiger partial charge is 0.248 e. The van der Waals surface area contributed by atoms with E-state index in [1.165, 1.54) is 0 Å². The average molecular weight is 339 g/mol. The Kier molecular flexibility index (Phi) is 7.65. The third kappa shape index (κ3) is 6.03. The van der Waals surface area contributed by atoms with Gasteiger partial charge in [-0.2, -0.15) is 13.5 Å². The van der Waals surface area contributed by atoms with Crippen LogP contribution < -0.4 is 0 Å². The van der Waals surface area contributed by atoms with Crippen molar-refractivity contribution >= 4 is 21.8 Å². The molecule has 1 saturated carbocycles. The molecule has 1 rings (SSSR count). The van der Waals surface area contributed by atoms with E-state index in [9.17, 15) is 8.78 Å². The number of alkyl halides is 2. The molecule has 5 heteroatoms. The highest BCUT2D eigenvalue weighted by Crippen LogP contribution is 2.42. The average Bonchev–Trinajstić information content (AvgIpc) is 2.26. The van der Waals surface area contributed by atoms with E-state index in [0.717, 1.165) is 6.42 Å². The van der Waals surface area contributed by atoms with Gasteiger partial charge in [0.05, 0.1) is 6.10 Å². The van der Waals surface area contributed by atoms with Gasteiger partial charge >= 0.3 is 0 Å². The van der Waals surface area contributed by atoms with E-state index < -0.39 is 14.2 Å². The Morgan fingerprint density at radius 1 is 1.29 bits per heavy atom. The van der Waals surface area contributed by atoms with Crippen LogP contribution in [-0.2, 0) is 4.43 Å². The molecule has 0 heterocycles. The Morgan fingerprint density at radius 3 is 2.14 bits per heavy atom. The molecule has 21 heavy (non-hydrogen) atoms. The van der Waals surface area contributed by atoms with Gasteiger partial charge in [-0.05, 0) is 43.3 Å². The molecular formula is C16H32F2OSSi. The lowest BCUT2D eigenvalue weighted by atomic mass is 9.82. The van der Waals surface area contributed by atoms with Crippen LogP contribution in [0, 0.1) is 5.92 Å². The Bertz CT molecular complexity index is 330. The molecule has 1 aliphatic rings. The van der Waals surface area contributed by atoms with Crippen molar-refractivity contribution in [2.24, 2.45) is 5.92 Å². The van der Waals surface area contributed by atoms with Crippen molar-refractivity contribution in [1.29, 1.82) is 0 Å². The monoisotopic (exact) mass is 338 g/mol. The van der Waals surface area contributed by atoms with Gasteiger partial charge in [0.2, 0.25) is 5.92 Å². The standard InChI is InChI=1S/C16H30F2OSi.H2S/c1-7-8-14(19-20(5,6)15(2,3)4)13-9-11-16(17,18)12-10-13;/h7,13-14H,1,8-12H2,2-6H3;1H2/t14-;/m0./s1. The van der Waals surface area contributed by atoms with Crippen LogP contribution in [0.5, 0.6) is 0 Å². The fourth-order valence-electron chi connectivity index (χ4n) is 2.49. The van der Waals surface area contributed by atoms with E-state index in [4.69, 9.17) is 4.43 Å². The first-order chi connectivity index (χ1) is 8.98. The summed E-state index contributed by atoms with van der Waals surface area (Å²) in [5, 5.41) is 0.144. The molecule has 0 aromatic heterocycles. The number of hydrogen-bond acceptors (Lipinski definition) is 1. The largest absolute Gasteiger partial charge is 0.413 e. The summed E-state index contributed by atoms with van der Waals surface area (Å²) in [7, 11) is -1.86. The highest BCUT2D eigenvalue weighted by molar-refractivity contribution is 7.59. The molecule has 0 N–H and O–H groups in total. The van der Waals surface area contributed by atoms with Gasteiger partial charge in [-0.15, -0.1) is 6.58 Å². The second-order valence-corrected chi connectivity index (χ2v) is 12.4. The van der Waals surface area contributed by atoms with Crippen molar-refractivity contribution in [3.8, 4) is 0 Å². The van der Waals surface area contributed by atoms with Gasteiger partial charge in [0.25, 0.3) is 0 Å². The molecule has 1 atom stereocenters. The van der Waals surface area contributed by atoms with Gasteiger partial charge in [0.15, 0.2) is 8.32 Å². The summed E-state index contributed by atoms with van der Waals surface area (Å²) in [4.78, 5) is 0. The minimum Gasteiger partial charge on any atom is -0.413 e. The molecule has 0 saturated heterocycles. The molecule has 0 aliphatic heterocycles. The topological polar surface area (TPSA) is 9.23 Å². The minimum absolute atomic E-state index is 0. The normalized spacial score (nSPS) is 21.5. The Balaban J connectivity index is 0.00000400. The lowest BCUT2D eigenvalue weighted by molar-refractivity contribution is -0.0600. The van der Waals surface area contributed by atoms with Crippen LogP contribution in [0.15, 0.2) is 12.7 Å². The zero-order valence-corrected chi connectivity index (χ0v) is 16.1. The summed E-state index contributed by atoms with van der Waals surface area (Å²) in [6, 6.07) is 0. The fraction of sp³-hybridized carbons (Fsp3) is 0.875. The predicted molar refractivity (Wildman–Crippen MR) is 94.2 cm³/mol. The van der Waals surface area contributed by atoms with Gasteiger partial charge in [-0.1, -0.05) is 26.8 Å². The number of halogens is 2. The highest BCUT2D eigenvalue weighted by Gasteiger charge is 2.43. The Hall–Kier alpha value is 0.127. The van der Waals surface area contributed by atoms with Crippen molar-refractivity contribution < 1.29 is 13.2 Å². The van der Waals surface area contributed by atoms with Gasteiger partial charge in [-0.25, -0.2) is 8.78 Å². The maximum atomic E-state index is 13.3. The summed E-state index contributed by atoms with van der Waals surface area (Å²) in [6.07, 6.45) is 3.84. The highest BCUT2D eigenvalue weighted by atomic mass is 32.1. The maximum absolute atomic E-state index is 13.3. The van der Waals surface area contributed by atoms with Crippen molar-refractivity contribution in [1.82, 2.24) is 0 Å². The molecular weight excluding hydrogens is 306 g/mol. The first-order valence-electron chi connectivity index (χ1n) is 7.65. The summed E-state index contributed by atoms with van der Waals surface area (Å²) in [6.45, 7) is 14.9. The van der Waals surface area contributed by atoms with Crippen LogP contribution in [0.4, 0.5) is 8.78 Å². The molecule has 0 amide bonds. The first kappa shape index (κ1) is 21.1. The molecule has 126 valence electrons. The molecule has 0 aromatic rings. The van der Waals surface area contributed by atoms with Gasteiger partial charge in [-0.3, -0.25) is 0 Å². The van der Waals surface area contributed by atoms with E-state index in [2.05, 4.69) is 40.4 Å². The molecule has 1 aliphatic carbocycles. The molecule has 0 radical (unpaired) electrons. The number of rotatable bonds is 5. The minimum atomic E-state index is -2.47. The van der Waals surface area contributed by atoms with Crippen LogP contribution >= 0.6 is 13.5 Å².